The summed E-state index contributed by atoms with van der Waals surface area (Å²) in [5.41, 5.74) is 2.23. The van der Waals surface area contributed by atoms with E-state index in [0.717, 1.165) is 17.5 Å². The number of rotatable bonds is 3. The molecule has 0 unspecified atom stereocenters. The molecule has 14 heavy (non-hydrogen) atoms. The van der Waals surface area contributed by atoms with Crippen molar-refractivity contribution < 1.29 is 4.39 Å². The van der Waals surface area contributed by atoms with E-state index >= 15 is 0 Å². The molecule has 0 saturated heterocycles. The Morgan fingerprint density at radius 1 is 1.36 bits per heavy atom. The second-order valence-electron chi connectivity index (χ2n) is 4.38. The van der Waals surface area contributed by atoms with Crippen LogP contribution in [0.4, 0.5) is 4.39 Å². The van der Waals surface area contributed by atoms with Gasteiger partial charge in [-0.05, 0) is 57.5 Å². The summed E-state index contributed by atoms with van der Waals surface area (Å²) in [7, 11) is 1.93. The van der Waals surface area contributed by atoms with Gasteiger partial charge in [0, 0.05) is 5.54 Å². The first-order valence-electron chi connectivity index (χ1n) is 4.88. The lowest BCUT2D eigenvalue weighted by Gasteiger charge is -2.24. The average molecular weight is 195 g/mol. The van der Waals surface area contributed by atoms with Crippen molar-refractivity contribution in [2.75, 3.05) is 7.05 Å². The monoisotopic (exact) mass is 195 g/mol. The number of aryl methyl sites for hydroxylation is 1. The Morgan fingerprint density at radius 2 is 2.00 bits per heavy atom. The molecule has 0 bridgehead atoms. The summed E-state index contributed by atoms with van der Waals surface area (Å²) in [6.45, 7) is 6.23. The fourth-order valence-corrected chi connectivity index (χ4v) is 1.40. The van der Waals surface area contributed by atoms with Gasteiger partial charge in [-0.1, -0.05) is 6.07 Å². The van der Waals surface area contributed by atoms with E-state index in [4.69, 9.17) is 0 Å². The molecule has 0 aliphatic heterocycles. The highest BCUT2D eigenvalue weighted by atomic mass is 19.1. The van der Waals surface area contributed by atoms with E-state index in [1.165, 1.54) is 6.07 Å². The van der Waals surface area contributed by atoms with Crippen LogP contribution in [0.15, 0.2) is 18.2 Å². The Kier molecular flexibility index (Phi) is 3.27. The van der Waals surface area contributed by atoms with E-state index in [-0.39, 0.29) is 11.4 Å². The van der Waals surface area contributed by atoms with E-state index in [9.17, 15) is 4.39 Å². The molecule has 0 atom stereocenters. The van der Waals surface area contributed by atoms with E-state index < -0.39 is 0 Å². The standard InChI is InChI=1S/C12H18FN/c1-9-5-6-11(13)7-10(9)8-12(2,3)14-4/h5-7,14H,8H2,1-4H3. The third-order valence-electron chi connectivity index (χ3n) is 2.62. The molecule has 0 aliphatic rings. The molecule has 0 amide bonds. The van der Waals surface area contributed by atoms with Gasteiger partial charge in [0.15, 0.2) is 0 Å². The minimum Gasteiger partial charge on any atom is -0.314 e. The Balaban J connectivity index is 2.91. The fraction of sp³-hybridized carbons (Fsp3) is 0.500. The zero-order valence-corrected chi connectivity index (χ0v) is 9.32. The molecule has 1 nitrogen and oxygen atoms in total. The molecule has 0 spiro atoms. The van der Waals surface area contributed by atoms with E-state index in [1.807, 2.05) is 20.0 Å². The minimum absolute atomic E-state index is 0.0125. The summed E-state index contributed by atoms with van der Waals surface area (Å²) in [6, 6.07) is 4.95. The second-order valence-corrected chi connectivity index (χ2v) is 4.38. The van der Waals surface area contributed by atoms with Gasteiger partial charge in [-0.25, -0.2) is 4.39 Å². The molecule has 0 radical (unpaired) electrons. The maximum atomic E-state index is 13.0. The maximum absolute atomic E-state index is 13.0. The van der Waals surface area contributed by atoms with Crippen molar-refractivity contribution in [3.8, 4) is 0 Å². The average Bonchev–Trinajstić information content (AvgIpc) is 2.11. The summed E-state index contributed by atoms with van der Waals surface area (Å²) in [6.07, 6.45) is 0.840. The predicted molar refractivity (Wildman–Crippen MR) is 58.0 cm³/mol. The fourth-order valence-electron chi connectivity index (χ4n) is 1.40. The SMILES string of the molecule is CNC(C)(C)Cc1cc(F)ccc1C. The Hall–Kier alpha value is -0.890. The van der Waals surface area contributed by atoms with Gasteiger partial charge in [-0.15, -0.1) is 0 Å². The third kappa shape index (κ3) is 2.81. The van der Waals surface area contributed by atoms with Crippen LogP contribution in [0.5, 0.6) is 0 Å². The van der Waals surface area contributed by atoms with Crippen molar-refractivity contribution in [2.24, 2.45) is 0 Å². The Labute approximate surface area is 85.3 Å². The smallest absolute Gasteiger partial charge is 0.123 e. The van der Waals surface area contributed by atoms with Gasteiger partial charge in [0.2, 0.25) is 0 Å². The van der Waals surface area contributed by atoms with Crippen LogP contribution in [0.2, 0.25) is 0 Å². The molecule has 2 heteroatoms. The van der Waals surface area contributed by atoms with Gasteiger partial charge in [-0.3, -0.25) is 0 Å². The number of hydrogen-bond acceptors (Lipinski definition) is 1. The molecule has 0 heterocycles. The molecular weight excluding hydrogens is 177 g/mol. The zero-order valence-electron chi connectivity index (χ0n) is 9.32. The Morgan fingerprint density at radius 3 is 2.57 bits per heavy atom. The van der Waals surface area contributed by atoms with E-state index in [1.54, 1.807) is 6.07 Å². The van der Waals surface area contributed by atoms with Gasteiger partial charge >= 0.3 is 0 Å². The maximum Gasteiger partial charge on any atom is 0.123 e. The lowest BCUT2D eigenvalue weighted by molar-refractivity contribution is 0.420. The number of benzene rings is 1. The summed E-state index contributed by atoms with van der Waals surface area (Å²) in [5, 5.41) is 3.21. The van der Waals surface area contributed by atoms with E-state index in [0.29, 0.717) is 0 Å². The number of hydrogen-bond donors (Lipinski definition) is 1. The summed E-state index contributed by atoms with van der Waals surface area (Å²) < 4.78 is 13.0. The first-order chi connectivity index (χ1) is 6.44. The highest BCUT2D eigenvalue weighted by Gasteiger charge is 2.16. The minimum atomic E-state index is -0.155. The van der Waals surface area contributed by atoms with Crippen LogP contribution in [-0.4, -0.2) is 12.6 Å². The lowest BCUT2D eigenvalue weighted by atomic mass is 9.92. The zero-order chi connectivity index (χ0) is 10.8. The molecule has 1 aromatic carbocycles. The van der Waals surface area contributed by atoms with Crippen molar-refractivity contribution in [1.82, 2.24) is 5.32 Å². The van der Waals surface area contributed by atoms with Crippen molar-refractivity contribution in [1.29, 1.82) is 0 Å². The number of halogens is 1. The largest absolute Gasteiger partial charge is 0.314 e. The van der Waals surface area contributed by atoms with Crippen LogP contribution in [0.1, 0.15) is 25.0 Å². The van der Waals surface area contributed by atoms with Crippen LogP contribution in [0.25, 0.3) is 0 Å². The van der Waals surface area contributed by atoms with Crippen LogP contribution in [0.3, 0.4) is 0 Å². The first kappa shape index (κ1) is 11.2. The molecule has 1 aromatic rings. The highest BCUT2D eigenvalue weighted by molar-refractivity contribution is 5.28. The normalized spacial score (nSPS) is 11.8. The van der Waals surface area contributed by atoms with E-state index in [2.05, 4.69) is 19.2 Å². The quantitative estimate of drug-likeness (QED) is 0.782. The third-order valence-corrected chi connectivity index (χ3v) is 2.62. The Bertz CT molecular complexity index is 318. The molecule has 1 N–H and O–H groups in total. The van der Waals surface area contributed by atoms with Gasteiger partial charge in [-0.2, -0.15) is 0 Å². The molecule has 78 valence electrons. The van der Waals surface area contributed by atoms with Crippen LogP contribution < -0.4 is 5.32 Å². The van der Waals surface area contributed by atoms with Crippen LogP contribution in [-0.2, 0) is 6.42 Å². The van der Waals surface area contributed by atoms with Crippen molar-refractivity contribution >= 4 is 0 Å². The summed E-state index contributed by atoms with van der Waals surface area (Å²) in [5.74, 6) is -0.155. The summed E-state index contributed by atoms with van der Waals surface area (Å²) >= 11 is 0. The second kappa shape index (κ2) is 4.09. The first-order valence-corrected chi connectivity index (χ1v) is 4.88. The summed E-state index contributed by atoms with van der Waals surface area (Å²) in [4.78, 5) is 0. The van der Waals surface area contributed by atoms with Gasteiger partial charge < -0.3 is 5.32 Å². The molecular formula is C12H18FN. The van der Waals surface area contributed by atoms with Gasteiger partial charge in [0.05, 0.1) is 0 Å². The molecule has 0 aromatic heterocycles. The molecule has 0 saturated carbocycles. The lowest BCUT2D eigenvalue weighted by Crippen LogP contribution is -2.38. The van der Waals surface area contributed by atoms with Crippen LogP contribution in [0, 0.1) is 12.7 Å². The predicted octanol–water partition coefficient (Wildman–Crippen LogP) is 2.67. The molecule has 1 rings (SSSR count). The van der Waals surface area contributed by atoms with Crippen LogP contribution >= 0.6 is 0 Å². The van der Waals surface area contributed by atoms with Gasteiger partial charge in [0.1, 0.15) is 5.82 Å². The van der Waals surface area contributed by atoms with Crippen molar-refractivity contribution in [2.45, 2.75) is 32.7 Å². The highest BCUT2D eigenvalue weighted by Crippen LogP contribution is 2.17. The van der Waals surface area contributed by atoms with Gasteiger partial charge in [0.25, 0.3) is 0 Å². The van der Waals surface area contributed by atoms with Crippen molar-refractivity contribution in [3.63, 3.8) is 0 Å². The topological polar surface area (TPSA) is 12.0 Å². The molecule has 0 fully saturated rings. The van der Waals surface area contributed by atoms with Crippen molar-refractivity contribution in [3.05, 3.63) is 35.1 Å². The number of likely N-dealkylation sites (N-methyl/N-ethyl adjacent to an activating group) is 1. The number of nitrogens with one attached hydrogen (secondary N) is 1. The molecule has 0 aliphatic carbocycles.